The van der Waals surface area contributed by atoms with Gasteiger partial charge in [-0.3, -0.25) is 5.43 Å². The first-order valence-corrected chi connectivity index (χ1v) is 7.67. The molecule has 0 fully saturated rings. The minimum absolute atomic E-state index is 0.544. The van der Waals surface area contributed by atoms with Crippen molar-refractivity contribution in [3.63, 3.8) is 0 Å². The molecule has 2 aromatic rings. The Bertz CT molecular complexity index is 772. The largest absolute Gasteiger partial charge is 0.255 e. The van der Waals surface area contributed by atoms with Crippen LogP contribution in [0.3, 0.4) is 0 Å². The number of amidine groups is 1. The molecule has 112 valence electrons. The number of hydrazone groups is 1. The number of nitrogens with one attached hydrogen (secondary N) is 1. The summed E-state index contributed by atoms with van der Waals surface area (Å²) in [6.45, 7) is 1.99. The minimum atomic E-state index is -0.871. The minimum Gasteiger partial charge on any atom is -0.255 e. The Kier molecular flexibility index (Phi) is 4.20. The third-order valence-electron chi connectivity index (χ3n) is 3.22. The molecule has 2 aromatic carbocycles. The molecular formula is C16H13F2N3S. The molecule has 0 bridgehead atoms. The predicted octanol–water partition coefficient (Wildman–Crippen LogP) is 4.00. The number of benzene rings is 2. The highest BCUT2D eigenvalue weighted by Gasteiger charge is 2.15. The first-order valence-electron chi connectivity index (χ1n) is 6.68. The van der Waals surface area contributed by atoms with E-state index >= 15 is 0 Å². The number of rotatable bonds is 2. The summed E-state index contributed by atoms with van der Waals surface area (Å²) in [7, 11) is 0. The van der Waals surface area contributed by atoms with E-state index in [2.05, 4.69) is 15.5 Å². The van der Waals surface area contributed by atoms with Crippen molar-refractivity contribution in [1.82, 2.24) is 5.43 Å². The molecule has 22 heavy (non-hydrogen) atoms. The lowest BCUT2D eigenvalue weighted by molar-refractivity contribution is 0.508. The van der Waals surface area contributed by atoms with Gasteiger partial charge < -0.3 is 0 Å². The second kappa shape index (κ2) is 6.27. The Balaban J connectivity index is 1.80. The second-order valence-electron chi connectivity index (χ2n) is 4.79. The van der Waals surface area contributed by atoms with Crippen LogP contribution < -0.4 is 5.43 Å². The van der Waals surface area contributed by atoms with E-state index < -0.39 is 11.6 Å². The monoisotopic (exact) mass is 317 g/mol. The van der Waals surface area contributed by atoms with Gasteiger partial charge in [-0.1, -0.05) is 30.0 Å². The van der Waals surface area contributed by atoms with Crippen LogP contribution in [0.1, 0.15) is 11.1 Å². The average Bonchev–Trinajstić information content (AvgIpc) is 2.53. The fraction of sp³-hybridized carbons (Fsp3) is 0.125. The van der Waals surface area contributed by atoms with E-state index in [1.54, 1.807) is 0 Å². The number of halogens is 2. The number of thioether (sulfide) groups is 1. The summed E-state index contributed by atoms with van der Waals surface area (Å²) in [5.41, 5.74) is 6.04. The van der Waals surface area contributed by atoms with Gasteiger partial charge in [-0.05, 0) is 36.8 Å². The lowest BCUT2D eigenvalue weighted by Crippen LogP contribution is -2.25. The smallest absolute Gasteiger partial charge is 0.182 e. The van der Waals surface area contributed by atoms with Crippen LogP contribution in [0.4, 0.5) is 14.5 Å². The maximum absolute atomic E-state index is 13.3. The highest BCUT2D eigenvalue weighted by molar-refractivity contribution is 8.14. The first kappa shape index (κ1) is 14.7. The lowest BCUT2D eigenvalue weighted by Gasteiger charge is -2.15. The summed E-state index contributed by atoms with van der Waals surface area (Å²) in [4.78, 5) is 4.50. The standard InChI is InChI=1S/C16H13F2N3S/c1-10-4-2-3-5-14(10)19-16-21-20-15(9-22-16)11-6-7-12(17)13(18)8-11/h2-8H,9H2,1H3,(H,19,21). The van der Waals surface area contributed by atoms with Gasteiger partial charge >= 0.3 is 0 Å². The van der Waals surface area contributed by atoms with Crippen molar-refractivity contribution in [2.75, 3.05) is 5.75 Å². The number of hydrogen-bond donors (Lipinski definition) is 1. The van der Waals surface area contributed by atoms with Crippen LogP contribution in [0, 0.1) is 18.6 Å². The zero-order valence-electron chi connectivity index (χ0n) is 11.8. The third-order valence-corrected chi connectivity index (χ3v) is 4.10. The first-order chi connectivity index (χ1) is 10.6. The van der Waals surface area contributed by atoms with Crippen LogP contribution in [0.25, 0.3) is 0 Å². The summed E-state index contributed by atoms with van der Waals surface area (Å²) in [5, 5.41) is 4.88. The number of nitrogens with zero attached hydrogens (tertiary/aromatic N) is 2. The van der Waals surface area contributed by atoms with E-state index in [1.165, 1.54) is 17.8 Å². The summed E-state index contributed by atoms with van der Waals surface area (Å²) >= 11 is 1.47. The van der Waals surface area contributed by atoms with Gasteiger partial charge in [0.05, 0.1) is 11.4 Å². The fourth-order valence-electron chi connectivity index (χ4n) is 2.00. The highest BCUT2D eigenvalue weighted by Crippen LogP contribution is 2.21. The SMILES string of the molecule is Cc1ccccc1N=C1NN=C(c2ccc(F)c(F)c2)CS1. The van der Waals surface area contributed by atoms with Gasteiger partial charge in [-0.25, -0.2) is 13.8 Å². The van der Waals surface area contributed by atoms with E-state index in [0.29, 0.717) is 22.2 Å². The molecule has 0 saturated carbocycles. The number of para-hydroxylation sites is 1. The van der Waals surface area contributed by atoms with Crippen LogP contribution in [-0.2, 0) is 0 Å². The highest BCUT2D eigenvalue weighted by atomic mass is 32.2. The maximum Gasteiger partial charge on any atom is 0.182 e. The molecule has 0 unspecified atom stereocenters. The van der Waals surface area contributed by atoms with E-state index in [0.717, 1.165) is 23.4 Å². The molecule has 0 saturated heterocycles. The molecule has 0 spiro atoms. The molecule has 6 heteroatoms. The van der Waals surface area contributed by atoms with Gasteiger partial charge in [-0.2, -0.15) is 5.10 Å². The van der Waals surface area contributed by atoms with Gasteiger partial charge in [0.1, 0.15) is 0 Å². The Morgan fingerprint density at radius 2 is 1.95 bits per heavy atom. The number of hydrogen-bond acceptors (Lipinski definition) is 3. The zero-order valence-corrected chi connectivity index (χ0v) is 12.6. The lowest BCUT2D eigenvalue weighted by atomic mass is 10.1. The number of aryl methyl sites for hydroxylation is 1. The summed E-state index contributed by atoms with van der Waals surface area (Å²) < 4.78 is 26.2. The normalized spacial score (nSPS) is 16.3. The van der Waals surface area contributed by atoms with Crippen LogP contribution in [0.2, 0.25) is 0 Å². The molecule has 3 rings (SSSR count). The van der Waals surface area contributed by atoms with Crippen molar-refractivity contribution in [2.24, 2.45) is 10.1 Å². The fourth-order valence-corrected chi connectivity index (χ4v) is 2.77. The molecule has 1 heterocycles. The van der Waals surface area contributed by atoms with Crippen molar-refractivity contribution >= 4 is 28.3 Å². The Hall–Kier alpha value is -2.21. The molecule has 0 aromatic heterocycles. The molecule has 0 aliphatic carbocycles. The second-order valence-corrected chi connectivity index (χ2v) is 5.76. The van der Waals surface area contributed by atoms with Gasteiger partial charge in [-0.15, -0.1) is 0 Å². The molecule has 1 N–H and O–H groups in total. The molecule has 1 aliphatic rings. The third kappa shape index (κ3) is 3.17. The van der Waals surface area contributed by atoms with Crippen LogP contribution >= 0.6 is 11.8 Å². The number of aliphatic imine (C=N–C) groups is 1. The van der Waals surface area contributed by atoms with Gasteiger partial charge in [0.2, 0.25) is 0 Å². The van der Waals surface area contributed by atoms with Crippen LogP contribution in [-0.4, -0.2) is 16.6 Å². The zero-order chi connectivity index (χ0) is 15.5. The predicted molar refractivity (Wildman–Crippen MR) is 86.8 cm³/mol. The Labute approximate surface area is 131 Å². The quantitative estimate of drug-likeness (QED) is 0.909. The summed E-state index contributed by atoms with van der Waals surface area (Å²) in [6, 6.07) is 11.6. The van der Waals surface area contributed by atoms with E-state index in [-0.39, 0.29) is 0 Å². The van der Waals surface area contributed by atoms with Gasteiger partial charge in [0.15, 0.2) is 16.8 Å². The molecular weight excluding hydrogens is 304 g/mol. The van der Waals surface area contributed by atoms with E-state index in [1.807, 2.05) is 31.2 Å². The van der Waals surface area contributed by atoms with Gasteiger partial charge in [0.25, 0.3) is 0 Å². The topological polar surface area (TPSA) is 36.8 Å². The van der Waals surface area contributed by atoms with E-state index in [9.17, 15) is 8.78 Å². The molecule has 0 amide bonds. The summed E-state index contributed by atoms with van der Waals surface area (Å²) in [5.74, 6) is -1.19. The molecule has 0 atom stereocenters. The van der Waals surface area contributed by atoms with Gasteiger partial charge in [0, 0.05) is 11.3 Å². The van der Waals surface area contributed by atoms with Crippen LogP contribution in [0.15, 0.2) is 52.6 Å². The Morgan fingerprint density at radius 3 is 2.64 bits per heavy atom. The molecule has 0 radical (unpaired) electrons. The maximum atomic E-state index is 13.3. The van der Waals surface area contributed by atoms with Crippen molar-refractivity contribution in [1.29, 1.82) is 0 Å². The summed E-state index contributed by atoms with van der Waals surface area (Å²) in [6.07, 6.45) is 0. The van der Waals surface area contributed by atoms with Crippen molar-refractivity contribution in [3.05, 3.63) is 65.2 Å². The van der Waals surface area contributed by atoms with Crippen LogP contribution in [0.5, 0.6) is 0 Å². The van der Waals surface area contributed by atoms with Crippen molar-refractivity contribution in [2.45, 2.75) is 6.92 Å². The van der Waals surface area contributed by atoms with E-state index in [4.69, 9.17) is 0 Å². The van der Waals surface area contributed by atoms with Crippen molar-refractivity contribution < 1.29 is 8.78 Å². The average molecular weight is 317 g/mol. The Morgan fingerprint density at radius 1 is 1.14 bits per heavy atom. The van der Waals surface area contributed by atoms with Crippen molar-refractivity contribution in [3.8, 4) is 0 Å². The molecule has 1 aliphatic heterocycles. The molecule has 3 nitrogen and oxygen atoms in total.